The molecule has 2 aromatic carbocycles. The number of hydrogen-bond donors (Lipinski definition) is 1. The molecule has 0 aliphatic rings. The first-order valence-electron chi connectivity index (χ1n) is 8.50. The zero-order valence-electron chi connectivity index (χ0n) is 15.0. The number of carbonyl (C=O) groups excluding carboxylic acids is 1. The van der Waals surface area contributed by atoms with Crippen molar-refractivity contribution in [2.24, 2.45) is 0 Å². The maximum Gasteiger partial charge on any atom is 0.419 e. The summed E-state index contributed by atoms with van der Waals surface area (Å²) in [6, 6.07) is 16.0. The molecule has 146 valence electrons. The number of carbonyl (C=O) groups is 1. The molecule has 0 aliphatic carbocycles. The van der Waals surface area contributed by atoms with Crippen molar-refractivity contribution < 1.29 is 22.7 Å². The third-order valence-corrected chi connectivity index (χ3v) is 3.90. The molecule has 8 heteroatoms. The van der Waals surface area contributed by atoms with Crippen LogP contribution in [0, 0.1) is 6.92 Å². The fourth-order valence-electron chi connectivity index (χ4n) is 2.67. The summed E-state index contributed by atoms with van der Waals surface area (Å²) in [6.45, 7) is 1.68. The number of benzene rings is 2. The first kappa shape index (κ1) is 19.5. The Hall–Kier alpha value is -3.29. The van der Waals surface area contributed by atoms with Gasteiger partial charge in [-0.25, -0.2) is 4.68 Å². The van der Waals surface area contributed by atoms with Crippen LogP contribution in [0.15, 0.2) is 60.7 Å². The molecule has 1 heterocycles. The molecule has 0 aliphatic heterocycles. The highest BCUT2D eigenvalue weighted by Crippen LogP contribution is 2.35. The minimum atomic E-state index is -4.56. The van der Waals surface area contributed by atoms with Gasteiger partial charge < -0.3 is 10.1 Å². The molecule has 0 spiro atoms. The van der Waals surface area contributed by atoms with Crippen molar-refractivity contribution >= 4 is 11.7 Å². The van der Waals surface area contributed by atoms with Gasteiger partial charge in [-0.2, -0.15) is 18.3 Å². The molecule has 0 saturated heterocycles. The third-order valence-electron chi connectivity index (χ3n) is 3.90. The number of halogens is 3. The normalized spacial score (nSPS) is 11.3. The standard InChI is InChI=1S/C20H18F3N3O2/c1-14-11-18(26(25-14)12-15-7-3-2-4-8-15)24-19(27)13-28-17-10-6-5-9-16(17)20(21,22)23/h2-11H,12-13H2,1H3,(H,24,27). The van der Waals surface area contributed by atoms with Crippen LogP contribution in [0.1, 0.15) is 16.8 Å². The predicted octanol–water partition coefficient (Wildman–Crippen LogP) is 4.28. The van der Waals surface area contributed by atoms with Gasteiger partial charge in [0.1, 0.15) is 11.6 Å². The molecule has 5 nitrogen and oxygen atoms in total. The Balaban J connectivity index is 1.67. The summed E-state index contributed by atoms with van der Waals surface area (Å²) in [5.41, 5.74) is 0.777. The SMILES string of the molecule is Cc1cc(NC(=O)COc2ccccc2C(F)(F)F)n(Cc2ccccc2)n1. The van der Waals surface area contributed by atoms with Crippen LogP contribution in [-0.2, 0) is 17.5 Å². The zero-order chi connectivity index (χ0) is 20.1. The van der Waals surface area contributed by atoms with Crippen LogP contribution >= 0.6 is 0 Å². The molecule has 0 radical (unpaired) electrons. The highest BCUT2D eigenvalue weighted by atomic mass is 19.4. The van der Waals surface area contributed by atoms with Crippen LogP contribution in [0.2, 0.25) is 0 Å². The first-order valence-corrected chi connectivity index (χ1v) is 8.50. The molecule has 0 atom stereocenters. The second kappa shape index (κ2) is 8.16. The van der Waals surface area contributed by atoms with Gasteiger partial charge in [0.2, 0.25) is 0 Å². The minimum absolute atomic E-state index is 0.390. The summed E-state index contributed by atoms with van der Waals surface area (Å²) in [5, 5.41) is 6.97. The van der Waals surface area contributed by atoms with Crippen LogP contribution in [0.4, 0.5) is 19.0 Å². The molecule has 0 saturated carbocycles. The third kappa shape index (κ3) is 4.91. The molecule has 3 rings (SSSR count). The van der Waals surface area contributed by atoms with Crippen molar-refractivity contribution in [2.75, 3.05) is 11.9 Å². The average Bonchev–Trinajstić information content (AvgIpc) is 2.99. The first-order chi connectivity index (χ1) is 13.3. The lowest BCUT2D eigenvalue weighted by molar-refractivity contribution is -0.139. The number of nitrogens with one attached hydrogen (secondary N) is 1. The largest absolute Gasteiger partial charge is 0.483 e. The Morgan fingerprint density at radius 2 is 1.79 bits per heavy atom. The number of nitrogens with zero attached hydrogens (tertiary/aromatic N) is 2. The zero-order valence-corrected chi connectivity index (χ0v) is 15.0. The van der Waals surface area contributed by atoms with Gasteiger partial charge in [-0.1, -0.05) is 42.5 Å². The number of alkyl halides is 3. The van der Waals surface area contributed by atoms with E-state index in [1.165, 1.54) is 18.2 Å². The van der Waals surface area contributed by atoms with E-state index >= 15 is 0 Å². The van der Waals surface area contributed by atoms with Crippen molar-refractivity contribution in [3.8, 4) is 5.75 Å². The maximum absolute atomic E-state index is 13.0. The summed E-state index contributed by atoms with van der Waals surface area (Å²) in [5.74, 6) is -0.524. The number of aryl methyl sites for hydroxylation is 1. The lowest BCUT2D eigenvalue weighted by atomic mass is 10.2. The highest BCUT2D eigenvalue weighted by Gasteiger charge is 2.34. The molecular formula is C20H18F3N3O2. The van der Waals surface area contributed by atoms with E-state index in [0.717, 1.165) is 11.6 Å². The summed E-state index contributed by atoms with van der Waals surface area (Å²) >= 11 is 0. The topological polar surface area (TPSA) is 56.1 Å². The Kier molecular flexibility index (Phi) is 5.67. The van der Waals surface area contributed by atoms with Gasteiger partial charge in [-0.15, -0.1) is 0 Å². The summed E-state index contributed by atoms with van der Waals surface area (Å²) < 4.78 is 45.7. The lowest BCUT2D eigenvalue weighted by Crippen LogP contribution is -2.23. The van der Waals surface area contributed by atoms with E-state index < -0.39 is 24.3 Å². The number of ether oxygens (including phenoxy) is 1. The second-order valence-electron chi connectivity index (χ2n) is 6.14. The molecule has 1 aromatic heterocycles. The Labute approximate surface area is 159 Å². The molecule has 3 aromatic rings. The minimum Gasteiger partial charge on any atom is -0.483 e. The molecule has 1 amide bonds. The van der Waals surface area contributed by atoms with E-state index in [1.807, 2.05) is 30.3 Å². The van der Waals surface area contributed by atoms with E-state index in [0.29, 0.717) is 18.1 Å². The number of anilines is 1. The van der Waals surface area contributed by atoms with Crippen LogP contribution < -0.4 is 10.1 Å². The smallest absolute Gasteiger partial charge is 0.419 e. The van der Waals surface area contributed by atoms with Gasteiger partial charge >= 0.3 is 6.18 Å². The highest BCUT2D eigenvalue weighted by molar-refractivity contribution is 5.91. The van der Waals surface area contributed by atoms with E-state index in [4.69, 9.17) is 4.74 Å². The van der Waals surface area contributed by atoms with Gasteiger partial charge in [0.05, 0.1) is 17.8 Å². The van der Waals surface area contributed by atoms with Gasteiger partial charge in [0.25, 0.3) is 5.91 Å². The van der Waals surface area contributed by atoms with Crippen molar-refractivity contribution in [3.63, 3.8) is 0 Å². The average molecular weight is 389 g/mol. The number of para-hydroxylation sites is 1. The van der Waals surface area contributed by atoms with E-state index in [1.54, 1.807) is 17.7 Å². The van der Waals surface area contributed by atoms with Crippen LogP contribution in [0.5, 0.6) is 5.75 Å². The van der Waals surface area contributed by atoms with Gasteiger partial charge in [-0.05, 0) is 24.6 Å². The predicted molar refractivity (Wildman–Crippen MR) is 98.1 cm³/mol. The van der Waals surface area contributed by atoms with E-state index in [2.05, 4.69) is 10.4 Å². The van der Waals surface area contributed by atoms with Crippen LogP contribution in [-0.4, -0.2) is 22.3 Å². The molecule has 28 heavy (non-hydrogen) atoms. The quantitative estimate of drug-likeness (QED) is 0.685. The maximum atomic E-state index is 13.0. The molecule has 0 bridgehead atoms. The molecule has 1 N–H and O–H groups in total. The van der Waals surface area contributed by atoms with Crippen molar-refractivity contribution in [1.82, 2.24) is 9.78 Å². The Morgan fingerprint density at radius 3 is 2.50 bits per heavy atom. The lowest BCUT2D eigenvalue weighted by Gasteiger charge is -2.14. The molecule has 0 fully saturated rings. The number of hydrogen-bond acceptors (Lipinski definition) is 3. The second-order valence-corrected chi connectivity index (χ2v) is 6.14. The summed E-state index contributed by atoms with van der Waals surface area (Å²) in [4.78, 5) is 12.2. The van der Waals surface area contributed by atoms with Crippen LogP contribution in [0.3, 0.4) is 0 Å². The van der Waals surface area contributed by atoms with Gasteiger partial charge in [0, 0.05) is 6.07 Å². The van der Waals surface area contributed by atoms with Gasteiger partial charge in [0.15, 0.2) is 6.61 Å². The van der Waals surface area contributed by atoms with Crippen molar-refractivity contribution in [1.29, 1.82) is 0 Å². The summed E-state index contributed by atoms with van der Waals surface area (Å²) in [6.07, 6.45) is -4.56. The molecular weight excluding hydrogens is 371 g/mol. The van der Waals surface area contributed by atoms with Crippen molar-refractivity contribution in [2.45, 2.75) is 19.6 Å². The summed E-state index contributed by atoms with van der Waals surface area (Å²) in [7, 11) is 0. The van der Waals surface area contributed by atoms with E-state index in [9.17, 15) is 18.0 Å². The Morgan fingerprint density at radius 1 is 1.11 bits per heavy atom. The Bertz CT molecular complexity index is 953. The van der Waals surface area contributed by atoms with Crippen LogP contribution in [0.25, 0.3) is 0 Å². The fourth-order valence-corrected chi connectivity index (χ4v) is 2.67. The fraction of sp³-hybridized carbons (Fsp3) is 0.200. The number of aromatic nitrogens is 2. The number of rotatable bonds is 6. The van der Waals surface area contributed by atoms with Crippen molar-refractivity contribution in [3.05, 3.63) is 77.5 Å². The number of amides is 1. The monoisotopic (exact) mass is 389 g/mol. The molecule has 0 unspecified atom stereocenters. The van der Waals surface area contributed by atoms with Gasteiger partial charge in [-0.3, -0.25) is 4.79 Å². The van der Waals surface area contributed by atoms with E-state index in [-0.39, 0.29) is 5.75 Å².